The van der Waals surface area contributed by atoms with Crippen LogP contribution in [0.15, 0.2) is 22.7 Å². The molecule has 0 aliphatic carbocycles. The largest absolute Gasteiger partial charge is 0.473 e. The van der Waals surface area contributed by atoms with E-state index in [-0.39, 0.29) is 0 Å². The number of aliphatic carboxylic acids is 2. The fraction of sp³-hybridized carbons (Fsp3) is 0.273. The Bertz CT molecular complexity index is 491. The highest BCUT2D eigenvalue weighted by Gasteiger charge is 2.31. The maximum absolute atomic E-state index is 12.3. The minimum atomic E-state index is -4.32. The van der Waals surface area contributed by atoms with Gasteiger partial charge in [-0.25, -0.2) is 9.59 Å². The fourth-order valence-corrected chi connectivity index (χ4v) is 1.68. The predicted octanol–water partition coefficient (Wildman–Crippen LogP) is 2.64. The number of halogens is 4. The Morgan fingerprint density at radius 3 is 2.00 bits per heavy atom. The van der Waals surface area contributed by atoms with E-state index in [2.05, 4.69) is 15.9 Å². The summed E-state index contributed by atoms with van der Waals surface area (Å²) in [6.07, 6.45) is -4.32. The van der Waals surface area contributed by atoms with Crippen molar-refractivity contribution in [3.8, 4) is 0 Å². The summed E-state index contributed by atoms with van der Waals surface area (Å²) in [6, 6.07) is 3.03. The molecule has 0 saturated carbocycles. The molecule has 0 spiro atoms. The molecule has 20 heavy (non-hydrogen) atoms. The average molecular weight is 358 g/mol. The Hall–Kier alpha value is -1.61. The number of nitrogens with two attached hydrogens (primary N) is 1. The fourth-order valence-electron chi connectivity index (χ4n) is 1.07. The molecule has 0 aliphatic rings. The van der Waals surface area contributed by atoms with Crippen molar-refractivity contribution in [2.24, 2.45) is 5.73 Å². The molecule has 1 aromatic rings. The molecule has 0 heterocycles. The van der Waals surface area contributed by atoms with Crippen molar-refractivity contribution in [1.82, 2.24) is 0 Å². The summed E-state index contributed by atoms with van der Waals surface area (Å²) >= 11 is 3.15. The van der Waals surface area contributed by atoms with E-state index in [0.29, 0.717) is 10.0 Å². The maximum atomic E-state index is 12.3. The van der Waals surface area contributed by atoms with Crippen molar-refractivity contribution in [1.29, 1.82) is 0 Å². The van der Waals surface area contributed by atoms with Gasteiger partial charge in [-0.2, -0.15) is 13.2 Å². The molecule has 4 N–H and O–H groups in total. The second-order valence-electron chi connectivity index (χ2n) is 3.63. The van der Waals surface area contributed by atoms with Gasteiger partial charge in [-0.05, 0) is 30.7 Å². The van der Waals surface area contributed by atoms with Crippen LogP contribution in [-0.2, 0) is 15.8 Å². The number of hydrogen-bond donors (Lipinski definition) is 3. The van der Waals surface area contributed by atoms with Crippen molar-refractivity contribution in [2.45, 2.75) is 19.1 Å². The molecule has 0 bridgehead atoms. The molecule has 1 rings (SSSR count). The van der Waals surface area contributed by atoms with Gasteiger partial charge in [-0.3, -0.25) is 0 Å². The Balaban J connectivity index is 0.000000511. The van der Waals surface area contributed by atoms with Gasteiger partial charge in [0.05, 0.1) is 5.56 Å². The molecule has 5 nitrogen and oxygen atoms in total. The summed E-state index contributed by atoms with van der Waals surface area (Å²) in [5, 5.41) is 14.8. The van der Waals surface area contributed by atoms with Gasteiger partial charge in [0.1, 0.15) is 0 Å². The van der Waals surface area contributed by atoms with Gasteiger partial charge in [-0.15, -0.1) is 0 Å². The predicted molar refractivity (Wildman–Crippen MR) is 67.0 cm³/mol. The molecular weight excluding hydrogens is 347 g/mol. The molecule has 0 aliphatic heterocycles. The van der Waals surface area contributed by atoms with Crippen LogP contribution in [0.25, 0.3) is 0 Å². The normalized spacial score (nSPS) is 12.1. The van der Waals surface area contributed by atoms with Crippen LogP contribution >= 0.6 is 15.9 Å². The second kappa shape index (κ2) is 7.25. The van der Waals surface area contributed by atoms with E-state index in [9.17, 15) is 13.2 Å². The lowest BCUT2D eigenvalue weighted by molar-refractivity contribution is -0.159. The molecule has 0 saturated heterocycles. The van der Waals surface area contributed by atoms with Gasteiger partial charge < -0.3 is 15.9 Å². The highest BCUT2D eigenvalue weighted by atomic mass is 79.9. The third-order valence-corrected chi connectivity index (χ3v) is 2.72. The number of alkyl halides is 3. The topological polar surface area (TPSA) is 101 Å². The Labute approximate surface area is 120 Å². The lowest BCUT2D eigenvalue weighted by Crippen LogP contribution is -2.10. The van der Waals surface area contributed by atoms with Gasteiger partial charge in [0.25, 0.3) is 0 Å². The number of carbonyl (C=O) groups is 2. The minimum Gasteiger partial charge on any atom is -0.473 e. The lowest BCUT2D eigenvalue weighted by Gasteiger charge is -2.12. The van der Waals surface area contributed by atoms with Crippen LogP contribution in [-0.4, -0.2) is 22.2 Å². The number of hydrogen-bond acceptors (Lipinski definition) is 3. The zero-order valence-electron chi connectivity index (χ0n) is 10.1. The molecule has 1 unspecified atom stereocenters. The highest BCUT2D eigenvalue weighted by Crippen LogP contribution is 2.33. The van der Waals surface area contributed by atoms with Gasteiger partial charge in [-0.1, -0.05) is 15.9 Å². The number of benzene rings is 1. The first-order chi connectivity index (χ1) is 8.96. The van der Waals surface area contributed by atoms with E-state index in [1.165, 1.54) is 6.07 Å². The van der Waals surface area contributed by atoms with Crippen LogP contribution in [0, 0.1) is 0 Å². The Kier molecular flexibility index (Phi) is 6.66. The second-order valence-corrected chi connectivity index (χ2v) is 4.49. The Morgan fingerprint density at radius 1 is 1.25 bits per heavy atom. The first kappa shape index (κ1) is 18.4. The van der Waals surface area contributed by atoms with Crippen molar-refractivity contribution in [2.75, 3.05) is 0 Å². The first-order valence-corrected chi connectivity index (χ1v) is 5.84. The minimum absolute atomic E-state index is 0.424. The molecule has 9 heteroatoms. The van der Waals surface area contributed by atoms with Crippen LogP contribution in [0.4, 0.5) is 13.2 Å². The standard InChI is InChI=1S/C9H9BrF3N.C2H2O4/c1-5(14)7-4-6(9(11,12)13)2-3-8(7)10;3-1(4)2(5)6/h2-5H,14H2,1H3;(H,3,4)(H,5,6). The molecule has 1 atom stereocenters. The van der Waals surface area contributed by atoms with Crippen molar-refractivity contribution < 1.29 is 33.0 Å². The maximum Gasteiger partial charge on any atom is 0.416 e. The molecule has 0 amide bonds. The van der Waals surface area contributed by atoms with E-state index >= 15 is 0 Å². The zero-order chi connectivity index (χ0) is 16.1. The number of carboxylic acids is 2. The molecule has 0 aromatic heterocycles. The quantitative estimate of drug-likeness (QED) is 0.670. The molecular formula is C11H11BrF3NO4. The smallest absolute Gasteiger partial charge is 0.416 e. The SMILES string of the molecule is CC(N)c1cc(C(F)(F)F)ccc1Br.O=C(O)C(=O)O. The van der Waals surface area contributed by atoms with Crippen molar-refractivity contribution in [3.63, 3.8) is 0 Å². The number of carboxylic acid groups (broad SMARTS) is 2. The molecule has 112 valence electrons. The highest BCUT2D eigenvalue weighted by molar-refractivity contribution is 9.10. The van der Waals surface area contributed by atoms with Crippen LogP contribution < -0.4 is 5.73 Å². The van der Waals surface area contributed by atoms with Gasteiger partial charge in [0.2, 0.25) is 0 Å². The average Bonchev–Trinajstić information content (AvgIpc) is 2.28. The van der Waals surface area contributed by atoms with Crippen molar-refractivity contribution >= 4 is 27.9 Å². The summed E-state index contributed by atoms with van der Waals surface area (Å²) in [5.41, 5.74) is 5.31. The van der Waals surface area contributed by atoms with E-state index in [0.717, 1.165) is 12.1 Å². The lowest BCUT2D eigenvalue weighted by atomic mass is 10.1. The summed E-state index contributed by atoms with van der Waals surface area (Å²) < 4.78 is 37.5. The summed E-state index contributed by atoms with van der Waals surface area (Å²) in [4.78, 5) is 18.2. The molecule has 0 fully saturated rings. The van der Waals surface area contributed by atoms with Crippen LogP contribution in [0.5, 0.6) is 0 Å². The van der Waals surface area contributed by atoms with Gasteiger partial charge in [0, 0.05) is 10.5 Å². The van der Waals surface area contributed by atoms with E-state index in [4.69, 9.17) is 25.5 Å². The molecule has 1 aromatic carbocycles. The van der Waals surface area contributed by atoms with Gasteiger partial charge >= 0.3 is 18.1 Å². The summed E-state index contributed by atoms with van der Waals surface area (Å²) in [5.74, 6) is -3.65. The third kappa shape index (κ3) is 6.02. The summed E-state index contributed by atoms with van der Waals surface area (Å²) in [7, 11) is 0. The summed E-state index contributed by atoms with van der Waals surface area (Å²) in [6.45, 7) is 1.64. The zero-order valence-corrected chi connectivity index (χ0v) is 11.7. The van der Waals surface area contributed by atoms with Crippen LogP contribution in [0.1, 0.15) is 24.1 Å². The van der Waals surface area contributed by atoms with Crippen LogP contribution in [0.2, 0.25) is 0 Å². The van der Waals surface area contributed by atoms with Crippen molar-refractivity contribution in [3.05, 3.63) is 33.8 Å². The number of rotatable bonds is 1. The monoisotopic (exact) mass is 357 g/mol. The van der Waals surface area contributed by atoms with E-state index in [1.54, 1.807) is 6.92 Å². The Morgan fingerprint density at radius 2 is 1.70 bits per heavy atom. The molecule has 0 radical (unpaired) electrons. The third-order valence-electron chi connectivity index (χ3n) is 2.00. The van der Waals surface area contributed by atoms with E-state index < -0.39 is 29.7 Å². The van der Waals surface area contributed by atoms with Gasteiger partial charge in [0.15, 0.2) is 0 Å². The first-order valence-electron chi connectivity index (χ1n) is 5.05. The van der Waals surface area contributed by atoms with Crippen LogP contribution in [0.3, 0.4) is 0 Å². The van der Waals surface area contributed by atoms with E-state index in [1.807, 2.05) is 0 Å².